The van der Waals surface area contributed by atoms with Gasteiger partial charge in [-0.15, -0.1) is 0 Å². The molecule has 1 aliphatic carbocycles. The van der Waals surface area contributed by atoms with Crippen LogP contribution in [0.5, 0.6) is 0 Å². The molecule has 2 N–H and O–H groups in total. The Morgan fingerprint density at radius 2 is 1.77 bits per heavy atom. The molecular formula is C27H25N5O3. The van der Waals surface area contributed by atoms with Crippen LogP contribution in [0.25, 0.3) is 16.5 Å². The maximum absolute atomic E-state index is 13.5. The Morgan fingerprint density at radius 3 is 2.54 bits per heavy atom. The highest BCUT2D eigenvalue weighted by atomic mass is 16.2. The van der Waals surface area contributed by atoms with Crippen LogP contribution < -0.4 is 10.6 Å². The zero-order valence-electron chi connectivity index (χ0n) is 19.3. The molecule has 1 atom stereocenters. The summed E-state index contributed by atoms with van der Waals surface area (Å²) in [5.41, 5.74) is 2.39. The van der Waals surface area contributed by atoms with Crippen molar-refractivity contribution < 1.29 is 14.4 Å². The van der Waals surface area contributed by atoms with Crippen molar-refractivity contribution in [2.45, 2.75) is 38.3 Å². The molecule has 5 rings (SSSR count). The monoisotopic (exact) mass is 467 g/mol. The Morgan fingerprint density at radius 1 is 1.03 bits per heavy atom. The lowest BCUT2D eigenvalue weighted by Gasteiger charge is -2.18. The molecule has 0 bridgehead atoms. The number of fused-ring (bicyclic) bond motifs is 1. The number of pyridine rings is 1. The lowest BCUT2D eigenvalue weighted by atomic mass is 10.0. The summed E-state index contributed by atoms with van der Waals surface area (Å²) >= 11 is 0. The average molecular weight is 468 g/mol. The molecule has 1 fully saturated rings. The molecular weight excluding hydrogens is 442 g/mol. The van der Waals surface area contributed by atoms with Crippen LogP contribution in [0.4, 0.5) is 0 Å². The van der Waals surface area contributed by atoms with E-state index >= 15 is 0 Å². The molecule has 4 aromatic rings. The van der Waals surface area contributed by atoms with Crippen molar-refractivity contribution in [2.75, 3.05) is 0 Å². The smallest absolute Gasteiger partial charge is 0.289 e. The molecule has 176 valence electrons. The third kappa shape index (κ3) is 4.96. The number of hydrogen-bond acceptors (Lipinski definition) is 5. The second-order valence-electron chi connectivity index (χ2n) is 8.79. The molecule has 1 unspecified atom stereocenters. The number of aromatic nitrogens is 3. The van der Waals surface area contributed by atoms with Gasteiger partial charge in [0.2, 0.25) is 5.78 Å². The Hall–Kier alpha value is -4.33. The van der Waals surface area contributed by atoms with Gasteiger partial charge in [-0.3, -0.25) is 19.4 Å². The third-order valence-electron chi connectivity index (χ3n) is 5.98. The molecule has 8 nitrogen and oxygen atoms in total. The number of amides is 2. The largest absolute Gasteiger partial charge is 0.347 e. The van der Waals surface area contributed by atoms with Crippen molar-refractivity contribution in [3.8, 4) is 5.69 Å². The Kier molecular flexibility index (Phi) is 6.10. The average Bonchev–Trinajstić information content (AvgIpc) is 3.61. The summed E-state index contributed by atoms with van der Waals surface area (Å²) in [6, 6.07) is 17.7. The van der Waals surface area contributed by atoms with Gasteiger partial charge in [-0.25, -0.2) is 4.68 Å². The van der Waals surface area contributed by atoms with Gasteiger partial charge in [-0.05, 0) is 31.4 Å². The van der Waals surface area contributed by atoms with Crippen molar-refractivity contribution in [1.29, 1.82) is 0 Å². The van der Waals surface area contributed by atoms with Gasteiger partial charge < -0.3 is 10.6 Å². The molecule has 0 aliphatic heterocycles. The van der Waals surface area contributed by atoms with E-state index in [1.807, 2.05) is 54.6 Å². The molecule has 2 amide bonds. The van der Waals surface area contributed by atoms with E-state index in [2.05, 4.69) is 20.7 Å². The van der Waals surface area contributed by atoms with Crippen LogP contribution in [0.3, 0.4) is 0 Å². The minimum absolute atomic E-state index is 0.0440. The molecule has 8 heteroatoms. The van der Waals surface area contributed by atoms with Gasteiger partial charge in [0.25, 0.3) is 11.8 Å². The van der Waals surface area contributed by atoms with Crippen LogP contribution in [0.1, 0.15) is 34.6 Å². The number of ketones is 1. The number of nitrogens with zero attached hydrogens (tertiary/aromatic N) is 3. The summed E-state index contributed by atoms with van der Waals surface area (Å²) in [5, 5.41) is 11.9. The number of carbonyl (C=O) groups excluding carboxylic acids is 3. The van der Waals surface area contributed by atoms with E-state index in [0.717, 1.165) is 29.2 Å². The number of hydrogen-bond donors (Lipinski definition) is 2. The molecule has 2 heterocycles. The first-order chi connectivity index (χ1) is 17.0. The fourth-order valence-electron chi connectivity index (χ4n) is 4.05. The van der Waals surface area contributed by atoms with Gasteiger partial charge in [0.1, 0.15) is 11.7 Å². The molecule has 2 aromatic heterocycles. The first-order valence-corrected chi connectivity index (χ1v) is 11.6. The van der Waals surface area contributed by atoms with Crippen molar-refractivity contribution in [3.63, 3.8) is 0 Å². The Bertz CT molecular complexity index is 1400. The van der Waals surface area contributed by atoms with Gasteiger partial charge in [0.15, 0.2) is 0 Å². The van der Waals surface area contributed by atoms with Crippen molar-refractivity contribution in [2.24, 2.45) is 0 Å². The minimum Gasteiger partial charge on any atom is -0.347 e. The van der Waals surface area contributed by atoms with Gasteiger partial charge in [-0.1, -0.05) is 54.6 Å². The highest BCUT2D eigenvalue weighted by Gasteiger charge is 2.32. The number of aryl methyl sites for hydroxylation is 1. The Balaban J connectivity index is 1.46. The molecule has 0 saturated heterocycles. The first kappa shape index (κ1) is 22.5. The lowest BCUT2D eigenvalue weighted by molar-refractivity contribution is -0.139. The van der Waals surface area contributed by atoms with Crippen molar-refractivity contribution >= 4 is 28.4 Å². The highest BCUT2D eigenvalue weighted by molar-refractivity contribution is 6.38. The quantitative estimate of drug-likeness (QED) is 0.388. The Labute approximate surface area is 202 Å². The summed E-state index contributed by atoms with van der Waals surface area (Å²) in [6.07, 6.45) is 5.34. The molecule has 2 aromatic carbocycles. The highest BCUT2D eigenvalue weighted by Crippen LogP contribution is 2.23. The van der Waals surface area contributed by atoms with E-state index in [0.29, 0.717) is 11.4 Å². The van der Waals surface area contributed by atoms with Crippen LogP contribution in [0.15, 0.2) is 73.1 Å². The van der Waals surface area contributed by atoms with E-state index in [9.17, 15) is 14.4 Å². The van der Waals surface area contributed by atoms with Gasteiger partial charge in [0, 0.05) is 29.4 Å². The fourth-order valence-corrected chi connectivity index (χ4v) is 4.05. The van der Waals surface area contributed by atoms with Gasteiger partial charge in [-0.2, -0.15) is 5.10 Å². The number of nitrogens with one attached hydrogen (secondary N) is 2. The van der Waals surface area contributed by atoms with E-state index in [-0.39, 0.29) is 18.2 Å². The summed E-state index contributed by atoms with van der Waals surface area (Å²) in [7, 11) is 0. The van der Waals surface area contributed by atoms with Crippen LogP contribution >= 0.6 is 0 Å². The van der Waals surface area contributed by atoms with Gasteiger partial charge in [0.05, 0.1) is 17.6 Å². The van der Waals surface area contributed by atoms with E-state index in [1.54, 1.807) is 25.4 Å². The van der Waals surface area contributed by atoms with Crippen LogP contribution in [-0.4, -0.2) is 44.4 Å². The van der Waals surface area contributed by atoms with Crippen LogP contribution in [0.2, 0.25) is 0 Å². The van der Waals surface area contributed by atoms with Crippen molar-refractivity contribution in [3.05, 3.63) is 90.0 Å². The molecule has 1 aliphatic rings. The number of rotatable bonds is 8. The predicted octanol–water partition coefficient (Wildman–Crippen LogP) is 2.92. The molecule has 0 spiro atoms. The SMILES string of the molecule is Cc1cc(C(=O)NC(Cc2ccccc2)C(=O)C(=O)NC2CC2)n(-c2cncc3ccccc23)n1. The van der Waals surface area contributed by atoms with E-state index < -0.39 is 23.6 Å². The topological polar surface area (TPSA) is 106 Å². The van der Waals surface area contributed by atoms with E-state index in [1.165, 1.54) is 4.68 Å². The molecule has 0 radical (unpaired) electrons. The first-order valence-electron chi connectivity index (χ1n) is 11.6. The molecule has 1 saturated carbocycles. The summed E-state index contributed by atoms with van der Waals surface area (Å²) in [4.78, 5) is 43.4. The fraction of sp³-hybridized carbons (Fsp3) is 0.222. The maximum Gasteiger partial charge on any atom is 0.289 e. The number of Topliss-reactive ketones (excluding diaryl/α,β-unsaturated/α-hetero) is 1. The van der Waals surface area contributed by atoms with E-state index in [4.69, 9.17) is 0 Å². The minimum atomic E-state index is -1.02. The van der Waals surface area contributed by atoms with Crippen LogP contribution in [0, 0.1) is 6.92 Å². The second-order valence-corrected chi connectivity index (χ2v) is 8.79. The predicted molar refractivity (Wildman–Crippen MR) is 131 cm³/mol. The summed E-state index contributed by atoms with van der Waals surface area (Å²) < 4.78 is 1.54. The zero-order chi connectivity index (χ0) is 24.4. The summed E-state index contributed by atoms with van der Waals surface area (Å²) in [5.74, 6) is -1.83. The third-order valence-corrected chi connectivity index (χ3v) is 5.98. The second kappa shape index (κ2) is 9.50. The normalized spacial score (nSPS) is 13.9. The lowest BCUT2D eigenvalue weighted by Crippen LogP contribution is -2.49. The van der Waals surface area contributed by atoms with Crippen molar-refractivity contribution in [1.82, 2.24) is 25.4 Å². The maximum atomic E-state index is 13.5. The standard InChI is InChI=1S/C27H25N5O3/c1-17-13-23(32(31-17)24-16-28-15-19-9-5-6-10-21(19)24)26(34)30-22(14-18-7-3-2-4-8-18)25(33)27(35)29-20-11-12-20/h2-10,13,15-16,20,22H,11-12,14H2,1H3,(H,29,35)(H,30,34). The summed E-state index contributed by atoms with van der Waals surface area (Å²) in [6.45, 7) is 1.79. The van der Waals surface area contributed by atoms with Gasteiger partial charge >= 0.3 is 0 Å². The zero-order valence-corrected chi connectivity index (χ0v) is 19.3. The number of carbonyl (C=O) groups is 3. The number of benzene rings is 2. The molecule has 35 heavy (non-hydrogen) atoms. The van der Waals surface area contributed by atoms with Crippen LogP contribution in [-0.2, 0) is 16.0 Å².